The molecule has 4 N–H and O–H groups in total. The molecule has 0 heterocycles. The number of halogens is 4. The van der Waals surface area contributed by atoms with Crippen molar-refractivity contribution in [1.82, 2.24) is 10.6 Å². The first-order valence-corrected chi connectivity index (χ1v) is 12.3. The predicted octanol–water partition coefficient (Wildman–Crippen LogP) is 5.25. The highest BCUT2D eigenvalue weighted by atomic mass is 79.9. The molecule has 3 rings (SSSR count). The molecule has 0 unspecified atom stereocenters. The van der Waals surface area contributed by atoms with E-state index in [-0.39, 0.29) is 29.7 Å². The number of alkyl halides is 3. The number of benzene rings is 2. The molecule has 10 heteroatoms. The Morgan fingerprint density at radius 3 is 2.48 bits per heavy atom. The van der Waals surface area contributed by atoms with Crippen LogP contribution in [-0.2, 0) is 11.0 Å². The zero-order valence-corrected chi connectivity index (χ0v) is 20.2. The molecule has 2 atom stereocenters. The van der Waals surface area contributed by atoms with E-state index < -0.39 is 17.6 Å². The second-order valence-electron chi connectivity index (χ2n) is 7.97. The van der Waals surface area contributed by atoms with E-state index in [0.29, 0.717) is 12.0 Å². The average molecular weight is 544 g/mol. The highest BCUT2D eigenvalue weighted by Crippen LogP contribution is 2.32. The lowest BCUT2D eigenvalue weighted by Gasteiger charge is -2.32. The van der Waals surface area contributed by atoms with Crippen LogP contribution in [0, 0.1) is 5.92 Å². The maximum Gasteiger partial charge on any atom is 0.416 e. The van der Waals surface area contributed by atoms with Crippen molar-refractivity contribution in [3.05, 3.63) is 58.1 Å². The number of carbonyl (C=O) groups excluding carboxylic acids is 2. The van der Waals surface area contributed by atoms with Gasteiger partial charge >= 0.3 is 6.18 Å². The number of nitrogen functional groups attached to an aromatic ring is 1. The third-order valence-electron chi connectivity index (χ3n) is 5.57. The molecule has 178 valence electrons. The number of nitrogens with one attached hydrogen (secondary N) is 2. The van der Waals surface area contributed by atoms with Crippen molar-refractivity contribution in [2.45, 2.75) is 42.8 Å². The van der Waals surface area contributed by atoms with E-state index in [1.165, 1.54) is 0 Å². The largest absolute Gasteiger partial charge is 0.416 e. The Morgan fingerprint density at radius 2 is 1.79 bits per heavy atom. The Hall–Kier alpha value is -2.20. The minimum atomic E-state index is -4.59. The van der Waals surface area contributed by atoms with Crippen LogP contribution in [0.2, 0.25) is 0 Å². The normalized spacial score (nSPS) is 18.5. The highest BCUT2D eigenvalue weighted by Gasteiger charge is 2.32. The summed E-state index contributed by atoms with van der Waals surface area (Å²) in [4.78, 5) is 26.0. The average Bonchev–Trinajstić information content (AvgIpc) is 2.77. The number of rotatable bonds is 7. The summed E-state index contributed by atoms with van der Waals surface area (Å²) in [5.41, 5.74) is 4.30. The Balaban J connectivity index is 1.53. The molecule has 5 nitrogen and oxygen atoms in total. The van der Waals surface area contributed by atoms with Crippen molar-refractivity contribution in [2.24, 2.45) is 5.92 Å². The fourth-order valence-electron chi connectivity index (χ4n) is 3.77. The van der Waals surface area contributed by atoms with E-state index in [4.69, 9.17) is 5.73 Å². The molecule has 1 aliphatic carbocycles. The molecule has 0 aromatic heterocycles. The van der Waals surface area contributed by atoms with Gasteiger partial charge in [0, 0.05) is 26.9 Å². The SMILES string of the molecule is Nc1ccc(C(F)(F)F)cc1C(=O)NCC(=O)N[C@H]1CCCC[C@H]1CSc1ccc(Br)cc1. The van der Waals surface area contributed by atoms with E-state index >= 15 is 0 Å². The van der Waals surface area contributed by atoms with Crippen molar-refractivity contribution in [3.8, 4) is 0 Å². The molecule has 1 saturated carbocycles. The lowest BCUT2D eigenvalue weighted by Crippen LogP contribution is -2.47. The Kier molecular flexibility index (Phi) is 8.69. The molecule has 2 amide bonds. The number of carbonyl (C=O) groups is 2. The van der Waals surface area contributed by atoms with Crippen molar-refractivity contribution in [1.29, 1.82) is 0 Å². The van der Waals surface area contributed by atoms with Gasteiger partial charge in [-0.1, -0.05) is 28.8 Å². The van der Waals surface area contributed by atoms with Crippen LogP contribution >= 0.6 is 27.7 Å². The minimum absolute atomic E-state index is 0.00951. The molecule has 0 bridgehead atoms. The molecule has 0 radical (unpaired) electrons. The van der Waals surface area contributed by atoms with Crippen LogP contribution in [0.1, 0.15) is 41.6 Å². The van der Waals surface area contributed by atoms with Gasteiger partial charge in [-0.25, -0.2) is 0 Å². The molecule has 33 heavy (non-hydrogen) atoms. The summed E-state index contributed by atoms with van der Waals surface area (Å²) < 4.78 is 39.8. The van der Waals surface area contributed by atoms with Gasteiger partial charge in [-0.3, -0.25) is 9.59 Å². The summed E-state index contributed by atoms with van der Waals surface area (Å²) >= 11 is 5.16. The maximum absolute atomic E-state index is 12.9. The Morgan fingerprint density at radius 1 is 1.09 bits per heavy atom. The molecular formula is C23H25BrF3N3O2S. The minimum Gasteiger partial charge on any atom is -0.398 e. The molecule has 2 aromatic rings. The van der Waals surface area contributed by atoms with Gasteiger partial charge in [-0.15, -0.1) is 11.8 Å². The molecule has 0 spiro atoms. The van der Waals surface area contributed by atoms with Crippen LogP contribution in [0.25, 0.3) is 0 Å². The van der Waals surface area contributed by atoms with Gasteiger partial charge in [0.05, 0.1) is 17.7 Å². The third kappa shape index (κ3) is 7.40. The number of thioether (sulfide) groups is 1. The van der Waals surface area contributed by atoms with Crippen molar-refractivity contribution in [2.75, 3.05) is 18.0 Å². The molecular weight excluding hydrogens is 519 g/mol. The van der Waals surface area contributed by atoms with E-state index in [9.17, 15) is 22.8 Å². The van der Waals surface area contributed by atoms with E-state index in [0.717, 1.165) is 52.9 Å². The summed E-state index contributed by atoms with van der Waals surface area (Å²) in [7, 11) is 0. The number of nitrogens with two attached hydrogens (primary N) is 1. The molecule has 2 aromatic carbocycles. The first-order chi connectivity index (χ1) is 15.6. The number of anilines is 1. The van der Waals surface area contributed by atoms with Gasteiger partial charge in [0.1, 0.15) is 0 Å². The fourth-order valence-corrected chi connectivity index (χ4v) is 5.17. The molecule has 1 aliphatic rings. The standard InChI is InChI=1S/C23H25BrF3N3O2S/c24-16-6-8-17(9-7-16)33-13-14-3-1-2-4-20(14)30-21(31)12-29-22(32)18-11-15(23(25,26)27)5-10-19(18)28/h5-11,14,20H,1-4,12-13,28H2,(H,29,32)(H,30,31)/t14-,20-/m0/s1. The smallest absolute Gasteiger partial charge is 0.398 e. The summed E-state index contributed by atoms with van der Waals surface area (Å²) in [6.45, 7) is -0.336. The number of amides is 2. The van der Waals surface area contributed by atoms with Crippen LogP contribution in [0.5, 0.6) is 0 Å². The summed E-state index contributed by atoms with van der Waals surface area (Å²) in [6, 6.07) is 10.6. The van der Waals surface area contributed by atoms with E-state index in [2.05, 4.69) is 26.6 Å². The number of hydrogen-bond donors (Lipinski definition) is 3. The lowest BCUT2D eigenvalue weighted by molar-refractivity contribution is -0.137. The number of hydrogen-bond acceptors (Lipinski definition) is 4. The van der Waals surface area contributed by atoms with Crippen LogP contribution in [0.15, 0.2) is 51.8 Å². The monoisotopic (exact) mass is 543 g/mol. The zero-order chi connectivity index (χ0) is 24.0. The predicted molar refractivity (Wildman–Crippen MR) is 127 cm³/mol. The first kappa shape index (κ1) is 25.4. The zero-order valence-electron chi connectivity index (χ0n) is 17.8. The van der Waals surface area contributed by atoms with Crippen LogP contribution in [0.4, 0.5) is 18.9 Å². The second-order valence-corrected chi connectivity index (χ2v) is 9.98. The van der Waals surface area contributed by atoms with E-state index in [1.54, 1.807) is 11.8 Å². The van der Waals surface area contributed by atoms with E-state index in [1.807, 2.05) is 24.3 Å². The quantitative estimate of drug-likeness (QED) is 0.329. The summed E-state index contributed by atoms with van der Waals surface area (Å²) in [5.74, 6) is -0.0370. The van der Waals surface area contributed by atoms with Gasteiger partial charge < -0.3 is 16.4 Å². The maximum atomic E-state index is 12.9. The summed E-state index contributed by atoms with van der Waals surface area (Å²) in [5, 5.41) is 5.36. The molecule has 1 fully saturated rings. The van der Waals surface area contributed by atoms with Gasteiger partial charge in [-0.2, -0.15) is 13.2 Å². The lowest BCUT2D eigenvalue weighted by atomic mass is 9.86. The van der Waals surface area contributed by atoms with Crippen molar-refractivity contribution in [3.63, 3.8) is 0 Å². The van der Waals surface area contributed by atoms with Crippen LogP contribution in [-0.4, -0.2) is 30.2 Å². The second kappa shape index (κ2) is 11.3. The fraction of sp³-hybridized carbons (Fsp3) is 0.391. The van der Waals surface area contributed by atoms with Crippen molar-refractivity contribution < 1.29 is 22.8 Å². The summed E-state index contributed by atoms with van der Waals surface area (Å²) in [6.07, 6.45) is -0.626. The van der Waals surface area contributed by atoms with Gasteiger partial charge in [-0.05, 0) is 61.2 Å². The van der Waals surface area contributed by atoms with Crippen LogP contribution in [0.3, 0.4) is 0 Å². The van der Waals surface area contributed by atoms with Gasteiger partial charge in [0.2, 0.25) is 5.91 Å². The van der Waals surface area contributed by atoms with Gasteiger partial charge in [0.15, 0.2) is 0 Å². The highest BCUT2D eigenvalue weighted by molar-refractivity contribution is 9.10. The van der Waals surface area contributed by atoms with Crippen molar-refractivity contribution >= 4 is 45.2 Å². The molecule has 0 saturated heterocycles. The third-order valence-corrected chi connectivity index (χ3v) is 7.30. The molecule has 0 aliphatic heterocycles. The topological polar surface area (TPSA) is 84.2 Å². The van der Waals surface area contributed by atoms with Gasteiger partial charge in [0.25, 0.3) is 5.91 Å². The first-order valence-electron chi connectivity index (χ1n) is 10.6. The Labute approximate surface area is 203 Å². The Bertz CT molecular complexity index is 986. The van der Waals surface area contributed by atoms with Crippen LogP contribution < -0.4 is 16.4 Å².